The maximum absolute atomic E-state index is 5.08. The molecule has 0 spiro atoms. The fourth-order valence-electron chi connectivity index (χ4n) is 4.25. The van der Waals surface area contributed by atoms with E-state index in [4.69, 9.17) is 4.99 Å². The van der Waals surface area contributed by atoms with Gasteiger partial charge in [-0.1, -0.05) is 104 Å². The molecule has 148 valence electrons. The highest BCUT2D eigenvalue weighted by atomic mass is 32.2. The molecular formula is C28H25NS. The highest BCUT2D eigenvalue weighted by molar-refractivity contribution is 8.04. The van der Waals surface area contributed by atoms with Gasteiger partial charge in [0.1, 0.15) is 0 Å². The molecule has 2 heteroatoms. The van der Waals surface area contributed by atoms with Gasteiger partial charge >= 0.3 is 0 Å². The molecule has 0 fully saturated rings. The zero-order valence-electron chi connectivity index (χ0n) is 17.4. The normalized spacial score (nSPS) is 16.7. The number of benzene rings is 3. The van der Waals surface area contributed by atoms with Crippen LogP contribution in [-0.2, 0) is 0 Å². The van der Waals surface area contributed by atoms with Gasteiger partial charge in [-0.25, -0.2) is 4.99 Å². The molecule has 1 aliphatic carbocycles. The Morgan fingerprint density at radius 3 is 2.17 bits per heavy atom. The minimum absolute atomic E-state index is 0.312. The van der Waals surface area contributed by atoms with Gasteiger partial charge in [-0.15, -0.1) is 0 Å². The van der Waals surface area contributed by atoms with Crippen LogP contribution in [0.4, 0.5) is 5.69 Å². The van der Waals surface area contributed by atoms with Crippen LogP contribution < -0.4 is 0 Å². The van der Waals surface area contributed by atoms with Crippen molar-refractivity contribution in [3.63, 3.8) is 0 Å². The summed E-state index contributed by atoms with van der Waals surface area (Å²) in [4.78, 5) is 7.68. The molecule has 0 radical (unpaired) electrons. The van der Waals surface area contributed by atoms with Crippen molar-refractivity contribution in [3.05, 3.63) is 118 Å². The van der Waals surface area contributed by atoms with Gasteiger partial charge in [0.15, 0.2) is 0 Å². The number of fused-ring (bicyclic) bond motifs is 2. The second-order valence-electron chi connectivity index (χ2n) is 8.03. The predicted molar refractivity (Wildman–Crippen MR) is 129 cm³/mol. The lowest BCUT2D eigenvalue weighted by Gasteiger charge is -2.26. The van der Waals surface area contributed by atoms with E-state index < -0.39 is 0 Å². The summed E-state index contributed by atoms with van der Waals surface area (Å²) in [5, 5.41) is 0. The molecule has 5 rings (SSSR count). The summed E-state index contributed by atoms with van der Waals surface area (Å²) in [7, 11) is 0. The Hall–Kier alpha value is -2.84. The van der Waals surface area contributed by atoms with Crippen molar-refractivity contribution < 1.29 is 0 Å². The Bertz CT molecular complexity index is 1160. The first-order chi connectivity index (χ1) is 14.7. The van der Waals surface area contributed by atoms with Gasteiger partial charge in [0.2, 0.25) is 0 Å². The first-order valence-corrected chi connectivity index (χ1v) is 11.4. The fraction of sp³-hybridized carbons (Fsp3) is 0.179. The van der Waals surface area contributed by atoms with Gasteiger partial charge in [0, 0.05) is 21.6 Å². The molecule has 3 aromatic rings. The molecule has 2 unspecified atom stereocenters. The molecule has 2 atom stereocenters. The Morgan fingerprint density at radius 2 is 1.47 bits per heavy atom. The highest BCUT2D eigenvalue weighted by Crippen LogP contribution is 2.48. The number of thioether (sulfide) groups is 1. The topological polar surface area (TPSA) is 12.4 Å². The largest absolute Gasteiger partial charge is 0.247 e. The van der Waals surface area contributed by atoms with E-state index in [2.05, 4.69) is 105 Å². The third kappa shape index (κ3) is 3.57. The average molecular weight is 408 g/mol. The van der Waals surface area contributed by atoms with Crippen LogP contribution in [0.5, 0.6) is 0 Å². The number of rotatable bonds is 4. The first-order valence-electron chi connectivity index (χ1n) is 10.6. The smallest absolute Gasteiger partial charge is 0.0782 e. The summed E-state index contributed by atoms with van der Waals surface area (Å²) in [6.45, 7) is 4.61. The zero-order valence-corrected chi connectivity index (χ0v) is 18.2. The van der Waals surface area contributed by atoms with Crippen LogP contribution in [0.25, 0.3) is 0 Å². The number of hydrogen-bond donors (Lipinski definition) is 0. The second kappa shape index (κ2) is 8.12. The molecule has 0 saturated heterocycles. The summed E-state index contributed by atoms with van der Waals surface area (Å²) in [5.74, 6) is 0.633. The Labute approximate surface area is 183 Å². The molecule has 0 saturated carbocycles. The molecule has 0 N–H and O–H groups in total. The van der Waals surface area contributed by atoms with Gasteiger partial charge in [0.05, 0.1) is 11.4 Å². The molecule has 0 aromatic heterocycles. The van der Waals surface area contributed by atoms with E-state index >= 15 is 0 Å². The fourth-order valence-corrected chi connectivity index (χ4v) is 5.43. The third-order valence-electron chi connectivity index (χ3n) is 6.11. The summed E-state index contributed by atoms with van der Waals surface area (Å²) in [5.41, 5.74) is 7.59. The van der Waals surface area contributed by atoms with Crippen molar-refractivity contribution in [3.8, 4) is 0 Å². The van der Waals surface area contributed by atoms with Crippen LogP contribution in [0.2, 0.25) is 0 Å². The minimum Gasteiger partial charge on any atom is -0.247 e. The number of nitrogens with zero attached hydrogens (tertiary/aromatic N) is 1. The van der Waals surface area contributed by atoms with E-state index in [0.29, 0.717) is 11.8 Å². The van der Waals surface area contributed by atoms with Crippen molar-refractivity contribution in [1.82, 2.24) is 0 Å². The van der Waals surface area contributed by atoms with Crippen LogP contribution in [-0.4, -0.2) is 5.71 Å². The number of allylic oxidation sites excluding steroid dienone is 4. The predicted octanol–water partition coefficient (Wildman–Crippen LogP) is 8.01. The monoisotopic (exact) mass is 407 g/mol. The van der Waals surface area contributed by atoms with Gasteiger partial charge in [-0.05, 0) is 40.8 Å². The second-order valence-corrected chi connectivity index (χ2v) is 9.08. The molecule has 3 aromatic carbocycles. The van der Waals surface area contributed by atoms with E-state index in [-0.39, 0.29) is 0 Å². The van der Waals surface area contributed by atoms with Crippen molar-refractivity contribution in [2.45, 2.75) is 37.0 Å². The van der Waals surface area contributed by atoms with E-state index in [1.807, 2.05) is 11.8 Å². The van der Waals surface area contributed by atoms with Crippen LogP contribution in [0.1, 0.15) is 54.4 Å². The van der Waals surface area contributed by atoms with Gasteiger partial charge in [0.25, 0.3) is 0 Å². The number of hydrogen-bond acceptors (Lipinski definition) is 2. The minimum atomic E-state index is 0.312. The highest BCUT2D eigenvalue weighted by Gasteiger charge is 2.25. The molecule has 30 heavy (non-hydrogen) atoms. The maximum atomic E-state index is 5.08. The van der Waals surface area contributed by atoms with Crippen LogP contribution in [0.3, 0.4) is 0 Å². The Balaban J connectivity index is 1.67. The quantitative estimate of drug-likeness (QED) is 0.426. The van der Waals surface area contributed by atoms with E-state index in [9.17, 15) is 0 Å². The summed E-state index contributed by atoms with van der Waals surface area (Å²) < 4.78 is 0. The third-order valence-corrected chi connectivity index (χ3v) is 7.35. The molecule has 2 aliphatic rings. The summed E-state index contributed by atoms with van der Waals surface area (Å²) in [6, 6.07) is 26.3. The molecular weight excluding hydrogens is 382 g/mol. The molecule has 1 heterocycles. The average Bonchev–Trinajstić information content (AvgIpc) is 2.82. The van der Waals surface area contributed by atoms with E-state index in [0.717, 1.165) is 17.8 Å². The van der Waals surface area contributed by atoms with Crippen molar-refractivity contribution in [1.29, 1.82) is 0 Å². The van der Waals surface area contributed by atoms with Crippen molar-refractivity contribution in [2.75, 3.05) is 0 Å². The van der Waals surface area contributed by atoms with Crippen molar-refractivity contribution >= 4 is 23.2 Å². The lowest BCUT2D eigenvalue weighted by atomic mass is 9.87. The van der Waals surface area contributed by atoms with Gasteiger partial charge < -0.3 is 0 Å². The SMILES string of the molecule is CC(c1ccccc1)c1cc2c(c(C(C)c3ccccc3)c1)SC1=CCC=CC1=N2. The summed E-state index contributed by atoms with van der Waals surface area (Å²) >= 11 is 1.89. The van der Waals surface area contributed by atoms with Gasteiger partial charge in [-0.3, -0.25) is 0 Å². The van der Waals surface area contributed by atoms with Crippen LogP contribution in [0, 0.1) is 0 Å². The molecule has 1 aliphatic heterocycles. The Morgan fingerprint density at radius 1 is 0.800 bits per heavy atom. The molecule has 0 amide bonds. The number of aliphatic imine (C=N–C) groups is 1. The molecule has 1 nitrogen and oxygen atoms in total. The summed E-state index contributed by atoms with van der Waals surface area (Å²) in [6.07, 6.45) is 7.64. The zero-order chi connectivity index (χ0) is 20.5. The van der Waals surface area contributed by atoms with E-state index in [1.165, 1.54) is 32.1 Å². The maximum Gasteiger partial charge on any atom is 0.0782 e. The lowest BCUT2D eigenvalue weighted by Crippen LogP contribution is -2.08. The van der Waals surface area contributed by atoms with Crippen LogP contribution in [0.15, 0.2) is 106 Å². The first kappa shape index (κ1) is 19.1. The lowest BCUT2D eigenvalue weighted by molar-refractivity contribution is 0.866. The standard InChI is InChI=1S/C28H25NS/c1-19(21-11-5-3-6-12-21)23-17-24(20(2)22-13-7-4-8-14-22)28-26(18-23)29-25-15-9-10-16-27(25)30-28/h3-9,11-20H,10H2,1-2H3. The Kier molecular flexibility index (Phi) is 5.18. The van der Waals surface area contributed by atoms with E-state index in [1.54, 1.807) is 0 Å². The molecule has 0 bridgehead atoms. The van der Waals surface area contributed by atoms with Gasteiger partial charge in [-0.2, -0.15) is 0 Å². The van der Waals surface area contributed by atoms with Crippen LogP contribution >= 0.6 is 11.8 Å². The van der Waals surface area contributed by atoms with Crippen molar-refractivity contribution in [2.24, 2.45) is 4.99 Å².